The second-order valence-corrected chi connectivity index (χ2v) is 12.0. The zero-order valence-corrected chi connectivity index (χ0v) is 23.2. The molecular formula is C39H31N. The Morgan fingerprint density at radius 2 is 1.32 bits per heavy atom. The van der Waals surface area contributed by atoms with Gasteiger partial charge in [0.05, 0.1) is 0 Å². The van der Waals surface area contributed by atoms with Gasteiger partial charge in [-0.1, -0.05) is 118 Å². The van der Waals surface area contributed by atoms with E-state index in [-0.39, 0.29) is 5.41 Å². The monoisotopic (exact) mass is 513 g/mol. The van der Waals surface area contributed by atoms with E-state index in [1.807, 2.05) is 18.5 Å². The molecule has 0 spiro atoms. The van der Waals surface area contributed by atoms with E-state index in [1.165, 1.54) is 71.3 Å². The van der Waals surface area contributed by atoms with E-state index in [9.17, 15) is 0 Å². The Morgan fingerprint density at radius 3 is 2.00 bits per heavy atom. The third-order valence-corrected chi connectivity index (χ3v) is 9.39. The highest BCUT2D eigenvalue weighted by Gasteiger charge is 2.37. The van der Waals surface area contributed by atoms with Gasteiger partial charge in [0.1, 0.15) is 0 Å². The molecule has 5 aromatic carbocycles. The number of allylic oxidation sites excluding steroid dienone is 4. The van der Waals surface area contributed by atoms with E-state index in [0.29, 0.717) is 5.92 Å². The lowest BCUT2D eigenvalue weighted by Gasteiger charge is -2.40. The molecule has 0 saturated heterocycles. The van der Waals surface area contributed by atoms with Gasteiger partial charge in [-0.05, 0) is 89.7 Å². The van der Waals surface area contributed by atoms with Crippen LogP contribution in [0, 0.1) is 5.92 Å². The number of rotatable bonds is 2. The van der Waals surface area contributed by atoms with Gasteiger partial charge >= 0.3 is 0 Å². The maximum atomic E-state index is 4.48. The van der Waals surface area contributed by atoms with Crippen molar-refractivity contribution in [3.63, 3.8) is 0 Å². The fourth-order valence-electron chi connectivity index (χ4n) is 7.57. The standard InChI is InChI=1S/C39H31N/c1-24-11-8-18-33-35(24)32-21-20-31(30-17-9-19-34(38(30)32)39(33,2)3)37-28-15-6-4-13-26(28)36(25-12-10-22-40-23-25)27-14-5-7-16-29(27)37/h4-10,12-24H,11H2,1-3H3. The van der Waals surface area contributed by atoms with Crippen LogP contribution in [0.1, 0.15) is 38.3 Å². The van der Waals surface area contributed by atoms with Crippen molar-refractivity contribution in [2.45, 2.75) is 32.6 Å². The molecule has 1 heteroatoms. The van der Waals surface area contributed by atoms with Crippen LogP contribution in [0.2, 0.25) is 0 Å². The van der Waals surface area contributed by atoms with Crippen molar-refractivity contribution >= 4 is 37.9 Å². The van der Waals surface area contributed by atoms with E-state index in [4.69, 9.17) is 0 Å². The van der Waals surface area contributed by atoms with Crippen LogP contribution in [-0.4, -0.2) is 4.98 Å². The Balaban J connectivity index is 1.53. The van der Waals surface area contributed by atoms with Gasteiger partial charge in [-0.15, -0.1) is 0 Å². The molecule has 1 unspecified atom stereocenters. The molecule has 0 amide bonds. The molecule has 0 N–H and O–H groups in total. The molecule has 2 aliphatic rings. The third kappa shape index (κ3) is 3.12. The van der Waals surface area contributed by atoms with Gasteiger partial charge in [0, 0.05) is 23.4 Å². The van der Waals surface area contributed by atoms with Crippen molar-refractivity contribution in [1.29, 1.82) is 0 Å². The molecule has 1 nitrogen and oxygen atoms in total. The summed E-state index contributed by atoms with van der Waals surface area (Å²) in [6, 6.07) is 33.8. The lowest BCUT2D eigenvalue weighted by molar-refractivity contribution is 0.619. The first-order valence-corrected chi connectivity index (χ1v) is 14.4. The molecule has 1 aromatic heterocycles. The largest absolute Gasteiger partial charge is 0.264 e. The average Bonchev–Trinajstić information content (AvgIpc) is 2.99. The van der Waals surface area contributed by atoms with Gasteiger partial charge < -0.3 is 0 Å². The fourth-order valence-corrected chi connectivity index (χ4v) is 7.57. The molecule has 1 atom stereocenters. The van der Waals surface area contributed by atoms with Crippen molar-refractivity contribution in [2.24, 2.45) is 5.92 Å². The highest BCUT2D eigenvalue weighted by Crippen LogP contribution is 2.53. The van der Waals surface area contributed by atoms with Crippen LogP contribution >= 0.6 is 0 Å². The van der Waals surface area contributed by atoms with Crippen molar-refractivity contribution in [3.05, 3.63) is 132 Å². The summed E-state index contributed by atoms with van der Waals surface area (Å²) in [7, 11) is 0. The van der Waals surface area contributed by atoms with E-state index >= 15 is 0 Å². The molecule has 192 valence electrons. The summed E-state index contributed by atoms with van der Waals surface area (Å²) in [5.74, 6) is 0.516. The van der Waals surface area contributed by atoms with Gasteiger partial charge in [0.2, 0.25) is 0 Å². The normalized spacial score (nSPS) is 17.5. The van der Waals surface area contributed by atoms with Crippen molar-refractivity contribution < 1.29 is 0 Å². The van der Waals surface area contributed by atoms with Crippen LogP contribution < -0.4 is 0 Å². The van der Waals surface area contributed by atoms with Crippen LogP contribution in [0.25, 0.3) is 60.1 Å². The zero-order valence-electron chi connectivity index (χ0n) is 23.2. The van der Waals surface area contributed by atoms with Crippen LogP contribution in [0.15, 0.2) is 121 Å². The maximum absolute atomic E-state index is 4.48. The topological polar surface area (TPSA) is 12.9 Å². The highest BCUT2D eigenvalue weighted by molar-refractivity contribution is 6.24. The second kappa shape index (κ2) is 8.50. The minimum absolute atomic E-state index is 0.0417. The van der Waals surface area contributed by atoms with Crippen LogP contribution in [0.3, 0.4) is 0 Å². The number of benzene rings is 5. The van der Waals surface area contributed by atoms with E-state index in [0.717, 1.165) is 12.0 Å². The molecule has 0 fully saturated rings. The van der Waals surface area contributed by atoms with Gasteiger partial charge in [0.25, 0.3) is 0 Å². The SMILES string of the molecule is CC1CC=CC2=C1c1ccc(-c3c4ccccc4c(-c4cccnc4)c4ccccc34)c3cccc(c13)C2(C)C. The number of hydrogen-bond acceptors (Lipinski definition) is 1. The lowest BCUT2D eigenvalue weighted by atomic mass is 9.64. The summed E-state index contributed by atoms with van der Waals surface area (Å²) >= 11 is 0. The molecule has 0 saturated carbocycles. The van der Waals surface area contributed by atoms with Gasteiger partial charge in [-0.2, -0.15) is 0 Å². The first-order chi connectivity index (χ1) is 19.6. The summed E-state index contributed by atoms with van der Waals surface area (Å²) in [4.78, 5) is 4.48. The number of fused-ring (bicyclic) bond motifs is 3. The summed E-state index contributed by atoms with van der Waals surface area (Å²) in [6.07, 6.45) is 9.70. The fraction of sp³-hybridized carbons (Fsp3) is 0.154. The molecule has 2 aliphatic carbocycles. The zero-order chi connectivity index (χ0) is 27.0. The predicted molar refractivity (Wildman–Crippen MR) is 170 cm³/mol. The Labute approximate surface area is 235 Å². The Morgan fingerprint density at radius 1 is 0.675 bits per heavy atom. The molecule has 8 rings (SSSR count). The van der Waals surface area contributed by atoms with Crippen LogP contribution in [0.4, 0.5) is 0 Å². The quantitative estimate of drug-likeness (QED) is 0.210. The summed E-state index contributed by atoms with van der Waals surface area (Å²) < 4.78 is 0. The highest BCUT2D eigenvalue weighted by atomic mass is 14.6. The Kier molecular flexibility index (Phi) is 4.97. The molecule has 0 radical (unpaired) electrons. The van der Waals surface area contributed by atoms with E-state index < -0.39 is 0 Å². The summed E-state index contributed by atoms with van der Waals surface area (Å²) in [5, 5.41) is 7.87. The first kappa shape index (κ1) is 23.4. The van der Waals surface area contributed by atoms with Crippen molar-refractivity contribution in [1.82, 2.24) is 4.98 Å². The van der Waals surface area contributed by atoms with E-state index in [2.05, 4.69) is 123 Å². The lowest BCUT2D eigenvalue weighted by Crippen LogP contribution is -2.27. The first-order valence-electron chi connectivity index (χ1n) is 14.4. The molecule has 0 aliphatic heterocycles. The molecule has 40 heavy (non-hydrogen) atoms. The molecule has 6 aromatic rings. The summed E-state index contributed by atoms with van der Waals surface area (Å²) in [6.45, 7) is 7.20. The molecule has 0 bridgehead atoms. The maximum Gasteiger partial charge on any atom is 0.0346 e. The Hall–Kier alpha value is -4.49. The minimum atomic E-state index is -0.0417. The van der Waals surface area contributed by atoms with Gasteiger partial charge in [-0.25, -0.2) is 0 Å². The van der Waals surface area contributed by atoms with Gasteiger partial charge in [-0.3, -0.25) is 4.98 Å². The molecular weight excluding hydrogens is 482 g/mol. The minimum Gasteiger partial charge on any atom is -0.264 e. The van der Waals surface area contributed by atoms with Crippen molar-refractivity contribution in [2.75, 3.05) is 0 Å². The second-order valence-electron chi connectivity index (χ2n) is 12.0. The number of aromatic nitrogens is 1. The molecule has 1 heterocycles. The Bertz CT molecular complexity index is 2000. The van der Waals surface area contributed by atoms with Crippen molar-refractivity contribution in [3.8, 4) is 22.3 Å². The van der Waals surface area contributed by atoms with Gasteiger partial charge in [0.15, 0.2) is 0 Å². The van der Waals surface area contributed by atoms with Crippen LogP contribution in [-0.2, 0) is 5.41 Å². The summed E-state index contributed by atoms with van der Waals surface area (Å²) in [5.41, 5.74) is 10.9. The number of nitrogens with zero attached hydrogens (tertiary/aromatic N) is 1. The number of pyridine rings is 1. The predicted octanol–water partition coefficient (Wildman–Crippen LogP) is 10.5. The van der Waals surface area contributed by atoms with E-state index in [1.54, 1.807) is 0 Å². The van der Waals surface area contributed by atoms with Crippen LogP contribution in [0.5, 0.6) is 0 Å². The smallest absolute Gasteiger partial charge is 0.0346 e. The average molecular weight is 514 g/mol. The number of hydrogen-bond donors (Lipinski definition) is 0. The third-order valence-electron chi connectivity index (χ3n) is 9.39.